The second-order valence-electron chi connectivity index (χ2n) is 13.3. The molecule has 1 aliphatic carbocycles. The number of benzene rings is 8. The third-order valence-corrected chi connectivity index (χ3v) is 10.8. The van der Waals surface area contributed by atoms with Crippen LogP contribution in [-0.4, -0.2) is 19.1 Å². The first-order valence-electron chi connectivity index (χ1n) is 17.1. The number of hydrogen-bond donors (Lipinski definition) is 0. The summed E-state index contributed by atoms with van der Waals surface area (Å²) in [4.78, 5) is 10.7. The molecule has 12 rings (SSSR count). The SMILES string of the molecule is c1ccc(-c2nc3ccccc3nc2-n2c3cccc4c3c3c5c(ccc32)c2ccccc2c2c5c3c-4cccc3n2-c2ccccc2)cc1. The number of aromatic nitrogens is 4. The van der Waals surface area contributed by atoms with Crippen LogP contribution in [0.15, 0.2) is 158 Å². The molecule has 3 heterocycles. The predicted molar refractivity (Wildman–Crippen MR) is 208 cm³/mol. The van der Waals surface area contributed by atoms with E-state index in [1.54, 1.807) is 0 Å². The smallest absolute Gasteiger partial charge is 0.165 e. The van der Waals surface area contributed by atoms with Crippen LogP contribution in [0.2, 0.25) is 0 Å². The van der Waals surface area contributed by atoms with Crippen molar-refractivity contribution < 1.29 is 0 Å². The highest BCUT2D eigenvalue weighted by molar-refractivity contribution is 6.43. The molecular formula is C46H26N4. The van der Waals surface area contributed by atoms with Gasteiger partial charge < -0.3 is 4.57 Å². The summed E-state index contributed by atoms with van der Waals surface area (Å²) in [5.74, 6) is 0.837. The monoisotopic (exact) mass is 634 g/mol. The Bertz CT molecular complexity index is 3240. The van der Waals surface area contributed by atoms with E-state index in [2.05, 4.69) is 155 Å². The molecule has 4 nitrogen and oxygen atoms in total. The van der Waals surface area contributed by atoms with Crippen molar-refractivity contribution in [2.45, 2.75) is 0 Å². The second-order valence-corrected chi connectivity index (χ2v) is 13.3. The van der Waals surface area contributed by atoms with Gasteiger partial charge in [-0.2, -0.15) is 0 Å². The number of fused-ring (bicyclic) bond motifs is 5. The van der Waals surface area contributed by atoms with Crippen LogP contribution in [0.1, 0.15) is 0 Å². The van der Waals surface area contributed by atoms with E-state index in [-0.39, 0.29) is 0 Å². The fourth-order valence-corrected chi connectivity index (χ4v) is 8.86. The van der Waals surface area contributed by atoms with Crippen molar-refractivity contribution in [2.24, 2.45) is 0 Å². The Balaban J connectivity index is 1.36. The van der Waals surface area contributed by atoms with Gasteiger partial charge in [-0.15, -0.1) is 0 Å². The molecule has 3 aromatic heterocycles. The Morgan fingerprint density at radius 3 is 1.72 bits per heavy atom. The first-order valence-corrected chi connectivity index (χ1v) is 17.1. The topological polar surface area (TPSA) is 35.6 Å². The Labute approximate surface area is 286 Å². The van der Waals surface area contributed by atoms with Crippen molar-refractivity contribution in [3.05, 3.63) is 158 Å². The van der Waals surface area contributed by atoms with Crippen molar-refractivity contribution >= 4 is 76.2 Å². The molecule has 0 atom stereocenters. The van der Waals surface area contributed by atoms with Crippen LogP contribution in [0, 0.1) is 0 Å². The van der Waals surface area contributed by atoms with Crippen LogP contribution in [0.5, 0.6) is 0 Å². The van der Waals surface area contributed by atoms with Crippen molar-refractivity contribution in [3.8, 4) is 33.9 Å². The Hall–Kier alpha value is -6.78. The lowest BCUT2D eigenvalue weighted by Gasteiger charge is -2.15. The van der Waals surface area contributed by atoms with Crippen molar-refractivity contribution in [3.63, 3.8) is 0 Å². The molecule has 0 spiro atoms. The summed E-state index contributed by atoms with van der Waals surface area (Å²) >= 11 is 0. The van der Waals surface area contributed by atoms with E-state index in [0.29, 0.717) is 0 Å². The highest BCUT2D eigenvalue weighted by atomic mass is 15.1. The molecule has 8 aromatic carbocycles. The van der Waals surface area contributed by atoms with E-state index in [1.807, 2.05) is 12.1 Å². The standard InChI is InChI=1S/C46H26N4/c1-3-13-27(14-4-1)44-46(48-35-22-10-9-21-34(35)47-44)50-37-24-12-19-30-31-20-11-23-36-40(31)43-41-32(25-26-38(50)42(41)39(30)37)29-17-7-8-18-33(29)45(43)49(36)28-15-5-2-6-16-28/h1-26H. The van der Waals surface area contributed by atoms with Gasteiger partial charge in [0.2, 0.25) is 0 Å². The van der Waals surface area contributed by atoms with E-state index < -0.39 is 0 Å². The minimum absolute atomic E-state index is 0.837. The first kappa shape index (κ1) is 26.2. The largest absolute Gasteiger partial charge is 0.309 e. The van der Waals surface area contributed by atoms with E-state index in [0.717, 1.165) is 44.8 Å². The van der Waals surface area contributed by atoms with Crippen LogP contribution >= 0.6 is 0 Å². The Kier molecular flexibility index (Phi) is 4.94. The zero-order valence-corrected chi connectivity index (χ0v) is 26.8. The van der Waals surface area contributed by atoms with Crippen LogP contribution in [0.3, 0.4) is 0 Å². The summed E-state index contributed by atoms with van der Waals surface area (Å²) in [5, 5.41) is 10.2. The fraction of sp³-hybridized carbons (Fsp3) is 0. The van der Waals surface area contributed by atoms with Gasteiger partial charge in [-0.3, -0.25) is 4.57 Å². The maximum Gasteiger partial charge on any atom is 0.165 e. The molecule has 0 radical (unpaired) electrons. The highest BCUT2D eigenvalue weighted by Gasteiger charge is 2.29. The lowest BCUT2D eigenvalue weighted by atomic mass is 9.94. The Morgan fingerprint density at radius 1 is 0.360 bits per heavy atom. The molecule has 50 heavy (non-hydrogen) atoms. The van der Waals surface area contributed by atoms with Crippen molar-refractivity contribution in [1.82, 2.24) is 19.1 Å². The summed E-state index contributed by atoms with van der Waals surface area (Å²) in [6.45, 7) is 0. The molecular weight excluding hydrogens is 609 g/mol. The predicted octanol–water partition coefficient (Wildman–Crippen LogP) is 11.8. The van der Waals surface area contributed by atoms with Gasteiger partial charge in [-0.05, 0) is 64.4 Å². The molecule has 0 aliphatic heterocycles. The zero-order valence-electron chi connectivity index (χ0n) is 26.8. The van der Waals surface area contributed by atoms with Crippen molar-refractivity contribution in [2.75, 3.05) is 0 Å². The fourth-order valence-electron chi connectivity index (χ4n) is 8.86. The number of hydrogen-bond acceptors (Lipinski definition) is 2. The van der Waals surface area contributed by atoms with Crippen LogP contribution in [0.4, 0.5) is 0 Å². The quantitative estimate of drug-likeness (QED) is 0.181. The van der Waals surface area contributed by atoms with Gasteiger partial charge in [-0.25, -0.2) is 9.97 Å². The molecule has 0 N–H and O–H groups in total. The highest BCUT2D eigenvalue weighted by Crippen LogP contribution is 2.53. The zero-order chi connectivity index (χ0) is 32.5. The van der Waals surface area contributed by atoms with E-state index >= 15 is 0 Å². The second kappa shape index (κ2) is 9.43. The van der Waals surface area contributed by atoms with Crippen LogP contribution in [0.25, 0.3) is 110 Å². The summed E-state index contributed by atoms with van der Waals surface area (Å²) < 4.78 is 4.86. The van der Waals surface area contributed by atoms with Crippen LogP contribution < -0.4 is 0 Å². The van der Waals surface area contributed by atoms with Gasteiger partial charge in [0.1, 0.15) is 5.69 Å². The summed E-state index contributed by atoms with van der Waals surface area (Å²) in [7, 11) is 0. The van der Waals surface area contributed by atoms with Gasteiger partial charge in [0.25, 0.3) is 0 Å². The third-order valence-electron chi connectivity index (χ3n) is 10.8. The number of para-hydroxylation sites is 3. The van der Waals surface area contributed by atoms with E-state index in [1.165, 1.54) is 65.3 Å². The van der Waals surface area contributed by atoms with E-state index in [9.17, 15) is 0 Å². The molecule has 0 bridgehead atoms. The molecule has 0 amide bonds. The van der Waals surface area contributed by atoms with Gasteiger partial charge in [0.05, 0.1) is 33.1 Å². The summed E-state index contributed by atoms with van der Waals surface area (Å²) in [6, 6.07) is 56.7. The van der Waals surface area contributed by atoms with Crippen LogP contribution in [-0.2, 0) is 0 Å². The summed E-state index contributed by atoms with van der Waals surface area (Å²) in [6.07, 6.45) is 0. The van der Waals surface area contributed by atoms with Gasteiger partial charge in [-0.1, -0.05) is 115 Å². The first-order chi connectivity index (χ1) is 24.8. The summed E-state index contributed by atoms with van der Waals surface area (Å²) in [5.41, 5.74) is 12.1. The molecule has 0 saturated carbocycles. The molecule has 1 aliphatic rings. The molecule has 230 valence electrons. The molecule has 0 unspecified atom stereocenters. The van der Waals surface area contributed by atoms with Crippen molar-refractivity contribution in [1.29, 1.82) is 0 Å². The average molecular weight is 635 g/mol. The van der Waals surface area contributed by atoms with Gasteiger partial charge >= 0.3 is 0 Å². The number of rotatable bonds is 3. The van der Waals surface area contributed by atoms with Gasteiger partial charge in [0, 0.05) is 43.6 Å². The maximum atomic E-state index is 5.41. The number of nitrogens with zero attached hydrogens (tertiary/aromatic N) is 4. The minimum atomic E-state index is 0.837. The molecule has 4 heteroatoms. The third kappa shape index (κ3) is 3.21. The lowest BCUT2D eigenvalue weighted by Crippen LogP contribution is -2.03. The van der Waals surface area contributed by atoms with Gasteiger partial charge in [0.15, 0.2) is 5.82 Å². The average Bonchev–Trinajstić information content (AvgIpc) is 3.67. The van der Waals surface area contributed by atoms with E-state index in [4.69, 9.17) is 9.97 Å². The lowest BCUT2D eigenvalue weighted by molar-refractivity contribution is 1.08. The maximum absolute atomic E-state index is 5.41. The minimum Gasteiger partial charge on any atom is -0.309 e. The normalized spacial score (nSPS) is 12.4. The molecule has 11 aromatic rings. The molecule has 0 fully saturated rings. The Morgan fingerprint density at radius 2 is 0.960 bits per heavy atom. The molecule has 0 saturated heterocycles.